The van der Waals surface area contributed by atoms with Crippen LogP contribution in [-0.2, 0) is 11.2 Å². The summed E-state index contributed by atoms with van der Waals surface area (Å²) in [6.07, 6.45) is 1.36. The van der Waals surface area contributed by atoms with Crippen molar-refractivity contribution in [3.63, 3.8) is 0 Å². The minimum absolute atomic E-state index is 0.0627. The molecule has 25 heavy (non-hydrogen) atoms. The lowest BCUT2D eigenvalue weighted by Crippen LogP contribution is -2.26. The predicted molar refractivity (Wildman–Crippen MR) is 94.1 cm³/mol. The summed E-state index contributed by atoms with van der Waals surface area (Å²) in [5.74, 6) is 0.858. The van der Waals surface area contributed by atoms with E-state index >= 15 is 0 Å². The van der Waals surface area contributed by atoms with Crippen molar-refractivity contribution in [1.82, 2.24) is 5.32 Å². The molecule has 2 aromatic carbocycles. The molecular weight excluding hydrogens is 318 g/mol. The first-order valence-electron chi connectivity index (χ1n) is 8.32. The molecule has 0 spiro atoms. The van der Waals surface area contributed by atoms with Crippen LogP contribution in [0.5, 0.6) is 11.5 Å². The van der Waals surface area contributed by atoms with Crippen LogP contribution in [0.2, 0.25) is 0 Å². The zero-order valence-corrected chi connectivity index (χ0v) is 14.1. The average molecular weight is 339 g/mol. The Morgan fingerprint density at radius 3 is 2.72 bits per heavy atom. The van der Waals surface area contributed by atoms with E-state index in [1.165, 1.54) is 0 Å². The zero-order valence-electron chi connectivity index (χ0n) is 14.1. The van der Waals surface area contributed by atoms with Crippen molar-refractivity contribution in [2.45, 2.75) is 25.2 Å². The number of phenolic OH excluding ortho intramolecular Hbond substituents is 1. The van der Waals surface area contributed by atoms with Crippen LogP contribution in [0.3, 0.4) is 0 Å². The molecule has 1 aliphatic carbocycles. The van der Waals surface area contributed by atoms with Crippen molar-refractivity contribution in [3.8, 4) is 11.5 Å². The summed E-state index contributed by atoms with van der Waals surface area (Å²) < 4.78 is 5.22. The summed E-state index contributed by atoms with van der Waals surface area (Å²) in [4.78, 5) is 24.3. The number of carbonyl (C=O) groups is 2. The predicted octanol–water partition coefficient (Wildman–Crippen LogP) is 2.82. The summed E-state index contributed by atoms with van der Waals surface area (Å²) in [5.41, 5.74) is 2.64. The normalized spacial score (nSPS) is 15.7. The first kappa shape index (κ1) is 17.0. The molecule has 1 atom stereocenters. The van der Waals surface area contributed by atoms with Crippen LogP contribution in [0.1, 0.15) is 40.2 Å². The van der Waals surface area contributed by atoms with Gasteiger partial charge in [0.15, 0.2) is 5.78 Å². The third kappa shape index (κ3) is 3.99. The Morgan fingerprint density at radius 1 is 1.24 bits per heavy atom. The van der Waals surface area contributed by atoms with Crippen LogP contribution in [0.25, 0.3) is 0 Å². The standard InChI is InChI=1S/C20H21NO4/c1-25-16-6-7-17-18(12-16)14(10-19(17)23)11-20(24)21-9-8-13-2-4-15(22)5-3-13/h2-7,12,14,22H,8-11H2,1H3,(H,21,24). The van der Waals surface area contributed by atoms with Gasteiger partial charge in [-0.2, -0.15) is 0 Å². The van der Waals surface area contributed by atoms with E-state index in [9.17, 15) is 14.7 Å². The molecule has 0 saturated heterocycles. The van der Waals surface area contributed by atoms with Gasteiger partial charge in [0.1, 0.15) is 11.5 Å². The van der Waals surface area contributed by atoms with Gasteiger partial charge in [-0.15, -0.1) is 0 Å². The molecule has 0 radical (unpaired) electrons. The lowest BCUT2D eigenvalue weighted by atomic mass is 9.97. The number of phenols is 1. The SMILES string of the molecule is COc1ccc2c(c1)C(CC(=O)NCCc1ccc(O)cc1)CC2=O. The highest BCUT2D eigenvalue weighted by Crippen LogP contribution is 2.37. The topological polar surface area (TPSA) is 75.6 Å². The number of hydrogen-bond acceptors (Lipinski definition) is 4. The minimum atomic E-state index is -0.0914. The van der Waals surface area contributed by atoms with E-state index in [-0.39, 0.29) is 23.4 Å². The summed E-state index contributed by atoms with van der Waals surface area (Å²) in [6, 6.07) is 12.3. The van der Waals surface area contributed by atoms with E-state index in [1.54, 1.807) is 31.4 Å². The molecule has 3 rings (SSSR count). The van der Waals surface area contributed by atoms with Crippen LogP contribution >= 0.6 is 0 Å². The molecule has 0 aromatic heterocycles. The second-order valence-corrected chi connectivity index (χ2v) is 6.25. The number of amides is 1. The number of aromatic hydroxyl groups is 1. The molecular formula is C20H21NO4. The minimum Gasteiger partial charge on any atom is -0.508 e. The van der Waals surface area contributed by atoms with E-state index in [0.29, 0.717) is 37.1 Å². The number of benzene rings is 2. The molecule has 5 heteroatoms. The van der Waals surface area contributed by atoms with Crippen LogP contribution in [0.4, 0.5) is 0 Å². The first-order valence-corrected chi connectivity index (χ1v) is 8.32. The molecule has 0 heterocycles. The van der Waals surface area contributed by atoms with Gasteiger partial charge in [-0.1, -0.05) is 12.1 Å². The van der Waals surface area contributed by atoms with E-state index in [2.05, 4.69) is 5.32 Å². The van der Waals surface area contributed by atoms with E-state index < -0.39 is 0 Å². The maximum absolute atomic E-state index is 12.2. The fourth-order valence-corrected chi connectivity index (χ4v) is 3.19. The van der Waals surface area contributed by atoms with Crippen molar-refractivity contribution in [2.24, 2.45) is 0 Å². The molecule has 1 unspecified atom stereocenters. The van der Waals surface area contributed by atoms with Gasteiger partial charge in [-0.05, 0) is 47.9 Å². The van der Waals surface area contributed by atoms with Gasteiger partial charge in [0.05, 0.1) is 7.11 Å². The second-order valence-electron chi connectivity index (χ2n) is 6.25. The molecule has 1 amide bonds. The lowest BCUT2D eigenvalue weighted by molar-refractivity contribution is -0.121. The fourth-order valence-electron chi connectivity index (χ4n) is 3.19. The smallest absolute Gasteiger partial charge is 0.220 e. The van der Waals surface area contributed by atoms with E-state index in [1.807, 2.05) is 18.2 Å². The van der Waals surface area contributed by atoms with Crippen LogP contribution < -0.4 is 10.1 Å². The summed E-state index contributed by atoms with van der Waals surface area (Å²) in [7, 11) is 1.59. The molecule has 5 nitrogen and oxygen atoms in total. The lowest BCUT2D eigenvalue weighted by Gasteiger charge is -2.12. The van der Waals surface area contributed by atoms with Crippen molar-refractivity contribution in [2.75, 3.05) is 13.7 Å². The number of hydrogen-bond donors (Lipinski definition) is 2. The number of nitrogens with one attached hydrogen (secondary N) is 1. The van der Waals surface area contributed by atoms with E-state index in [4.69, 9.17) is 4.74 Å². The quantitative estimate of drug-likeness (QED) is 0.848. The highest BCUT2D eigenvalue weighted by molar-refractivity contribution is 6.02. The van der Waals surface area contributed by atoms with Crippen LogP contribution in [0, 0.1) is 0 Å². The molecule has 130 valence electrons. The largest absolute Gasteiger partial charge is 0.508 e. The number of methoxy groups -OCH3 is 1. The highest BCUT2D eigenvalue weighted by atomic mass is 16.5. The Hall–Kier alpha value is -2.82. The van der Waals surface area contributed by atoms with Gasteiger partial charge in [-0.3, -0.25) is 9.59 Å². The molecule has 2 aromatic rings. The Kier molecular flexibility index (Phi) is 5.03. The third-order valence-electron chi connectivity index (χ3n) is 4.53. The van der Waals surface area contributed by atoms with Gasteiger partial charge in [0, 0.05) is 30.9 Å². The van der Waals surface area contributed by atoms with Crippen molar-refractivity contribution in [3.05, 3.63) is 59.2 Å². The van der Waals surface area contributed by atoms with Crippen molar-refractivity contribution in [1.29, 1.82) is 0 Å². The molecule has 0 saturated carbocycles. The molecule has 0 bridgehead atoms. The molecule has 0 aliphatic heterocycles. The Balaban J connectivity index is 1.55. The van der Waals surface area contributed by atoms with Crippen LogP contribution in [-0.4, -0.2) is 30.5 Å². The third-order valence-corrected chi connectivity index (χ3v) is 4.53. The van der Waals surface area contributed by atoms with Crippen molar-refractivity contribution < 1.29 is 19.4 Å². The van der Waals surface area contributed by atoms with Crippen LogP contribution in [0.15, 0.2) is 42.5 Å². The monoisotopic (exact) mass is 339 g/mol. The van der Waals surface area contributed by atoms with Gasteiger partial charge in [-0.25, -0.2) is 0 Å². The zero-order chi connectivity index (χ0) is 17.8. The number of carbonyl (C=O) groups excluding carboxylic acids is 2. The summed E-state index contributed by atoms with van der Waals surface area (Å²) in [5, 5.41) is 12.2. The Morgan fingerprint density at radius 2 is 2.00 bits per heavy atom. The molecule has 1 aliphatic rings. The maximum atomic E-state index is 12.2. The first-order chi connectivity index (χ1) is 12.1. The highest BCUT2D eigenvalue weighted by Gasteiger charge is 2.31. The number of ether oxygens (including phenoxy) is 1. The number of fused-ring (bicyclic) bond motifs is 1. The summed E-state index contributed by atoms with van der Waals surface area (Å²) >= 11 is 0. The number of ketones is 1. The van der Waals surface area contributed by atoms with Crippen molar-refractivity contribution >= 4 is 11.7 Å². The van der Waals surface area contributed by atoms with Gasteiger partial charge in [0.2, 0.25) is 5.91 Å². The Bertz CT molecular complexity index is 783. The van der Waals surface area contributed by atoms with E-state index in [0.717, 1.165) is 11.1 Å². The molecule has 2 N–H and O–H groups in total. The number of rotatable bonds is 6. The average Bonchev–Trinajstić information content (AvgIpc) is 2.92. The molecule has 0 fully saturated rings. The Labute approximate surface area is 146 Å². The second kappa shape index (κ2) is 7.38. The van der Waals surface area contributed by atoms with Gasteiger partial charge < -0.3 is 15.2 Å². The maximum Gasteiger partial charge on any atom is 0.220 e. The van der Waals surface area contributed by atoms with Gasteiger partial charge >= 0.3 is 0 Å². The van der Waals surface area contributed by atoms with Gasteiger partial charge in [0.25, 0.3) is 0 Å². The summed E-state index contributed by atoms with van der Waals surface area (Å²) in [6.45, 7) is 0.523. The fraction of sp³-hybridized carbons (Fsp3) is 0.300. The number of Topliss-reactive ketones (excluding diaryl/α,β-unsaturated/α-hetero) is 1.